The summed E-state index contributed by atoms with van der Waals surface area (Å²) >= 11 is 0. The van der Waals surface area contributed by atoms with Crippen molar-refractivity contribution in [3.63, 3.8) is 0 Å². The van der Waals surface area contributed by atoms with Gasteiger partial charge < -0.3 is 5.32 Å². The summed E-state index contributed by atoms with van der Waals surface area (Å²) in [6, 6.07) is 14.9. The van der Waals surface area contributed by atoms with Crippen molar-refractivity contribution >= 4 is 16.5 Å². The van der Waals surface area contributed by atoms with Gasteiger partial charge in [-0.1, -0.05) is 30.3 Å². The summed E-state index contributed by atoms with van der Waals surface area (Å²) in [5.74, 6) is 0. The van der Waals surface area contributed by atoms with E-state index in [4.69, 9.17) is 0 Å². The van der Waals surface area contributed by atoms with Gasteiger partial charge in [0.05, 0.1) is 11.7 Å². The third-order valence-electron chi connectivity index (χ3n) is 3.57. The van der Waals surface area contributed by atoms with Crippen molar-refractivity contribution in [1.82, 2.24) is 9.78 Å². The standard InChI is InChI=1S/C18H21N3/c1-18(2,3)21-13-14(12-20-21)11-19-17-9-8-15-6-4-5-7-16(15)10-17/h4-10,12-13,19H,11H2,1-3H3. The number of nitrogens with one attached hydrogen (secondary N) is 1. The van der Waals surface area contributed by atoms with Crippen molar-refractivity contribution in [2.24, 2.45) is 0 Å². The summed E-state index contributed by atoms with van der Waals surface area (Å²) in [5.41, 5.74) is 2.36. The Hall–Kier alpha value is -2.29. The first-order valence-corrected chi connectivity index (χ1v) is 7.29. The minimum Gasteiger partial charge on any atom is -0.381 e. The van der Waals surface area contributed by atoms with Crippen LogP contribution in [0.15, 0.2) is 54.9 Å². The van der Waals surface area contributed by atoms with Gasteiger partial charge in [0, 0.05) is 24.0 Å². The quantitative estimate of drug-likeness (QED) is 0.770. The van der Waals surface area contributed by atoms with Crippen LogP contribution in [0.25, 0.3) is 10.8 Å². The molecule has 2 aromatic carbocycles. The highest BCUT2D eigenvalue weighted by atomic mass is 15.3. The molecule has 3 nitrogen and oxygen atoms in total. The highest BCUT2D eigenvalue weighted by Gasteiger charge is 2.13. The maximum atomic E-state index is 4.43. The van der Waals surface area contributed by atoms with Crippen LogP contribution < -0.4 is 5.32 Å². The highest BCUT2D eigenvalue weighted by molar-refractivity contribution is 5.85. The second kappa shape index (κ2) is 5.24. The topological polar surface area (TPSA) is 29.9 Å². The second-order valence-electron chi connectivity index (χ2n) is 6.38. The number of nitrogens with zero attached hydrogens (tertiary/aromatic N) is 2. The van der Waals surface area contributed by atoms with Gasteiger partial charge in [0.25, 0.3) is 0 Å². The maximum absolute atomic E-state index is 4.43. The summed E-state index contributed by atoms with van der Waals surface area (Å²) in [6.45, 7) is 7.25. The predicted molar refractivity (Wildman–Crippen MR) is 88.5 cm³/mol. The molecule has 0 radical (unpaired) electrons. The number of aromatic nitrogens is 2. The number of hydrogen-bond donors (Lipinski definition) is 1. The lowest BCUT2D eigenvalue weighted by Gasteiger charge is -2.18. The summed E-state index contributed by atoms with van der Waals surface area (Å²) in [7, 11) is 0. The molecule has 3 aromatic rings. The van der Waals surface area contributed by atoms with E-state index in [0.717, 1.165) is 12.2 Å². The zero-order valence-electron chi connectivity index (χ0n) is 12.8. The van der Waals surface area contributed by atoms with Gasteiger partial charge in [-0.2, -0.15) is 5.10 Å². The molecule has 0 aliphatic heterocycles. The highest BCUT2D eigenvalue weighted by Crippen LogP contribution is 2.20. The van der Waals surface area contributed by atoms with Gasteiger partial charge in [-0.3, -0.25) is 4.68 Å². The smallest absolute Gasteiger partial charge is 0.0543 e. The molecule has 0 amide bonds. The molecule has 0 saturated carbocycles. The van der Waals surface area contributed by atoms with Crippen molar-refractivity contribution in [3.8, 4) is 0 Å². The largest absolute Gasteiger partial charge is 0.381 e. The van der Waals surface area contributed by atoms with Gasteiger partial charge in [-0.25, -0.2) is 0 Å². The molecule has 0 spiro atoms. The number of hydrogen-bond acceptors (Lipinski definition) is 2. The van der Waals surface area contributed by atoms with Crippen molar-refractivity contribution in [1.29, 1.82) is 0 Å². The average molecular weight is 279 g/mol. The zero-order chi connectivity index (χ0) is 14.9. The fraction of sp³-hybridized carbons (Fsp3) is 0.278. The normalized spacial score (nSPS) is 11.8. The van der Waals surface area contributed by atoms with Gasteiger partial charge in [-0.15, -0.1) is 0 Å². The van der Waals surface area contributed by atoms with E-state index in [-0.39, 0.29) is 5.54 Å². The Bertz CT molecular complexity index is 750. The predicted octanol–water partition coefficient (Wildman–Crippen LogP) is 4.40. The van der Waals surface area contributed by atoms with Crippen LogP contribution in [0.3, 0.4) is 0 Å². The minimum atomic E-state index is 0.0290. The van der Waals surface area contributed by atoms with Crippen molar-refractivity contribution < 1.29 is 0 Å². The molecule has 0 bridgehead atoms. The summed E-state index contributed by atoms with van der Waals surface area (Å²) in [4.78, 5) is 0. The van der Waals surface area contributed by atoms with Crippen LogP contribution in [-0.2, 0) is 12.1 Å². The second-order valence-corrected chi connectivity index (χ2v) is 6.38. The first-order chi connectivity index (χ1) is 10.0. The monoisotopic (exact) mass is 279 g/mol. The fourth-order valence-corrected chi connectivity index (χ4v) is 2.32. The van der Waals surface area contributed by atoms with Gasteiger partial charge in [0.15, 0.2) is 0 Å². The van der Waals surface area contributed by atoms with E-state index in [2.05, 4.69) is 79.8 Å². The number of rotatable bonds is 3. The first-order valence-electron chi connectivity index (χ1n) is 7.29. The van der Waals surface area contributed by atoms with E-state index >= 15 is 0 Å². The van der Waals surface area contributed by atoms with Crippen LogP contribution in [0.4, 0.5) is 5.69 Å². The van der Waals surface area contributed by atoms with E-state index in [0.29, 0.717) is 0 Å². The molecule has 0 aliphatic rings. The maximum Gasteiger partial charge on any atom is 0.0543 e. The fourth-order valence-electron chi connectivity index (χ4n) is 2.32. The van der Waals surface area contributed by atoms with Crippen LogP contribution in [0.1, 0.15) is 26.3 Å². The molecule has 1 heterocycles. The number of fused-ring (bicyclic) bond motifs is 1. The molecule has 108 valence electrons. The summed E-state index contributed by atoms with van der Waals surface area (Å²) in [6.07, 6.45) is 4.04. The molecule has 0 aliphatic carbocycles. The van der Waals surface area contributed by atoms with Crippen molar-refractivity contribution in [2.75, 3.05) is 5.32 Å². The van der Waals surface area contributed by atoms with Crippen LogP contribution in [0, 0.1) is 0 Å². The molecule has 1 N–H and O–H groups in total. The van der Waals surface area contributed by atoms with Crippen molar-refractivity contribution in [2.45, 2.75) is 32.9 Å². The Morgan fingerprint density at radius 1 is 1.05 bits per heavy atom. The average Bonchev–Trinajstić information content (AvgIpc) is 2.94. The van der Waals surface area contributed by atoms with Gasteiger partial charge in [-0.05, 0) is 43.7 Å². The number of anilines is 1. The lowest BCUT2D eigenvalue weighted by atomic mass is 10.1. The van der Waals surface area contributed by atoms with Crippen molar-refractivity contribution in [3.05, 3.63) is 60.4 Å². The SMILES string of the molecule is CC(C)(C)n1cc(CNc2ccc3ccccc3c2)cn1. The Balaban J connectivity index is 1.73. The Kier molecular flexibility index (Phi) is 3.42. The van der Waals surface area contributed by atoms with E-state index in [9.17, 15) is 0 Å². The van der Waals surface area contributed by atoms with Gasteiger partial charge in [0.2, 0.25) is 0 Å². The number of benzene rings is 2. The molecule has 3 heteroatoms. The van der Waals surface area contributed by atoms with Gasteiger partial charge >= 0.3 is 0 Å². The van der Waals surface area contributed by atoms with E-state index in [1.165, 1.54) is 16.3 Å². The Morgan fingerprint density at radius 3 is 2.52 bits per heavy atom. The molecule has 0 fully saturated rings. The zero-order valence-corrected chi connectivity index (χ0v) is 12.8. The Labute approximate surface area is 125 Å². The van der Waals surface area contributed by atoms with Crippen LogP contribution in [-0.4, -0.2) is 9.78 Å². The van der Waals surface area contributed by atoms with Crippen LogP contribution >= 0.6 is 0 Å². The summed E-state index contributed by atoms with van der Waals surface area (Å²) < 4.78 is 2.00. The first kappa shape index (κ1) is 13.7. The van der Waals surface area contributed by atoms with E-state index < -0.39 is 0 Å². The van der Waals surface area contributed by atoms with Crippen LogP contribution in [0.5, 0.6) is 0 Å². The molecule has 0 unspecified atom stereocenters. The van der Waals surface area contributed by atoms with Gasteiger partial charge in [0.1, 0.15) is 0 Å². The summed E-state index contributed by atoms with van der Waals surface area (Å²) in [5, 5.41) is 10.4. The molecule has 21 heavy (non-hydrogen) atoms. The molecule has 0 atom stereocenters. The molecule has 1 aromatic heterocycles. The third kappa shape index (κ3) is 3.07. The van der Waals surface area contributed by atoms with Crippen LogP contribution in [0.2, 0.25) is 0 Å². The third-order valence-corrected chi connectivity index (χ3v) is 3.57. The molecular weight excluding hydrogens is 258 g/mol. The molecule has 0 saturated heterocycles. The van der Waals surface area contributed by atoms with E-state index in [1.807, 2.05) is 10.9 Å². The molecule has 3 rings (SSSR count). The van der Waals surface area contributed by atoms with E-state index in [1.54, 1.807) is 0 Å². The molecular formula is C18H21N3. The minimum absolute atomic E-state index is 0.0290. The Morgan fingerprint density at radius 2 is 1.81 bits per heavy atom. The lowest BCUT2D eigenvalue weighted by Crippen LogP contribution is -2.21. The lowest BCUT2D eigenvalue weighted by molar-refractivity contribution is 0.355.